The summed E-state index contributed by atoms with van der Waals surface area (Å²) in [6.45, 7) is 6.66. The summed E-state index contributed by atoms with van der Waals surface area (Å²) < 4.78 is 24.8. The normalized spacial score (nSPS) is 17.4. The Balaban J connectivity index is 1.87. The fraction of sp³-hybridized carbons (Fsp3) is 0.500. The van der Waals surface area contributed by atoms with Crippen LogP contribution in [0.3, 0.4) is 0 Å². The minimum atomic E-state index is -0.315. The number of para-hydroxylation sites is 1. The number of carbonyl (C=O) groups excluding carboxylic acids is 2. The van der Waals surface area contributed by atoms with Crippen molar-refractivity contribution in [2.75, 3.05) is 40.0 Å². The number of ether oxygens (including phenoxy) is 2. The first kappa shape index (κ1) is 26.7. The summed E-state index contributed by atoms with van der Waals surface area (Å²) in [7, 11) is 1.62. The molecule has 0 spiro atoms. The Hall–Kier alpha value is -2.93. The monoisotopic (exact) mass is 484 g/mol. The molecule has 0 bridgehead atoms. The third kappa shape index (κ3) is 7.79. The second-order valence-electron chi connectivity index (χ2n) is 9.47. The van der Waals surface area contributed by atoms with Gasteiger partial charge in [0.25, 0.3) is 5.91 Å². The van der Waals surface area contributed by atoms with Gasteiger partial charge in [0.05, 0.1) is 24.6 Å². The second kappa shape index (κ2) is 13.2. The molecular formula is C28H37FN2O4. The predicted molar refractivity (Wildman–Crippen MR) is 134 cm³/mol. The van der Waals surface area contributed by atoms with Gasteiger partial charge in [0.2, 0.25) is 5.91 Å². The van der Waals surface area contributed by atoms with Crippen LogP contribution >= 0.6 is 0 Å². The van der Waals surface area contributed by atoms with Crippen LogP contribution in [0.2, 0.25) is 0 Å². The second-order valence-corrected chi connectivity index (χ2v) is 9.47. The Labute approximate surface area is 208 Å². The molecule has 6 nitrogen and oxygen atoms in total. The highest BCUT2D eigenvalue weighted by atomic mass is 19.1. The predicted octanol–water partition coefficient (Wildman–Crippen LogP) is 4.57. The van der Waals surface area contributed by atoms with Crippen molar-refractivity contribution >= 4 is 11.8 Å². The molecule has 0 aromatic heterocycles. The lowest BCUT2D eigenvalue weighted by molar-refractivity contribution is -0.134. The molecule has 1 aliphatic rings. The smallest absolute Gasteiger partial charge is 0.257 e. The highest BCUT2D eigenvalue weighted by Crippen LogP contribution is 2.24. The minimum Gasteiger partial charge on any atom is -0.491 e. The van der Waals surface area contributed by atoms with E-state index < -0.39 is 0 Å². The number of rotatable bonds is 7. The van der Waals surface area contributed by atoms with Crippen molar-refractivity contribution in [1.29, 1.82) is 0 Å². The third-order valence-corrected chi connectivity index (χ3v) is 6.25. The highest BCUT2D eigenvalue weighted by molar-refractivity contribution is 5.97. The first-order valence-corrected chi connectivity index (χ1v) is 12.4. The number of amides is 2. The van der Waals surface area contributed by atoms with Crippen molar-refractivity contribution in [2.24, 2.45) is 5.92 Å². The summed E-state index contributed by atoms with van der Waals surface area (Å²) in [4.78, 5) is 30.5. The lowest BCUT2D eigenvalue weighted by Crippen LogP contribution is -2.46. The topological polar surface area (TPSA) is 59.1 Å². The average molecular weight is 485 g/mol. The zero-order valence-electron chi connectivity index (χ0n) is 21.0. The van der Waals surface area contributed by atoms with E-state index in [-0.39, 0.29) is 30.1 Å². The lowest BCUT2D eigenvalue weighted by Gasteiger charge is -2.34. The van der Waals surface area contributed by atoms with Crippen LogP contribution in [0, 0.1) is 11.7 Å². The molecule has 190 valence electrons. The first-order valence-electron chi connectivity index (χ1n) is 12.4. The van der Waals surface area contributed by atoms with Crippen LogP contribution < -0.4 is 4.74 Å². The van der Waals surface area contributed by atoms with Crippen LogP contribution in [-0.4, -0.2) is 67.6 Å². The van der Waals surface area contributed by atoms with Gasteiger partial charge >= 0.3 is 0 Å². The van der Waals surface area contributed by atoms with Gasteiger partial charge in [0.15, 0.2) is 0 Å². The zero-order valence-corrected chi connectivity index (χ0v) is 21.0. The third-order valence-electron chi connectivity index (χ3n) is 6.25. The van der Waals surface area contributed by atoms with Gasteiger partial charge < -0.3 is 19.3 Å². The van der Waals surface area contributed by atoms with Crippen LogP contribution in [0.15, 0.2) is 48.5 Å². The van der Waals surface area contributed by atoms with E-state index in [4.69, 9.17) is 9.47 Å². The molecule has 0 saturated heterocycles. The van der Waals surface area contributed by atoms with Crippen LogP contribution in [0.1, 0.15) is 49.0 Å². The summed E-state index contributed by atoms with van der Waals surface area (Å²) in [5.74, 6) is 0.510. The quantitative estimate of drug-likeness (QED) is 0.578. The van der Waals surface area contributed by atoms with E-state index in [1.54, 1.807) is 30.2 Å². The maximum atomic E-state index is 13.5. The van der Waals surface area contributed by atoms with Crippen molar-refractivity contribution in [1.82, 2.24) is 9.80 Å². The van der Waals surface area contributed by atoms with E-state index in [0.29, 0.717) is 50.1 Å². The number of benzene rings is 2. The minimum absolute atomic E-state index is 0.00326. The molecule has 1 heterocycles. The van der Waals surface area contributed by atoms with Crippen LogP contribution in [0.4, 0.5) is 4.39 Å². The van der Waals surface area contributed by atoms with Crippen molar-refractivity contribution < 1.29 is 23.5 Å². The number of nitrogens with zero attached hydrogens (tertiary/aromatic N) is 2. The molecule has 2 amide bonds. The number of fused-ring (bicyclic) bond motifs is 1. The van der Waals surface area contributed by atoms with Crippen LogP contribution in [0.5, 0.6) is 5.75 Å². The summed E-state index contributed by atoms with van der Waals surface area (Å²) in [6.07, 6.45) is 2.53. The van der Waals surface area contributed by atoms with E-state index >= 15 is 0 Å². The Morgan fingerprint density at radius 1 is 1.11 bits per heavy atom. The maximum absolute atomic E-state index is 13.5. The molecule has 7 heteroatoms. The van der Waals surface area contributed by atoms with Crippen LogP contribution in [0.25, 0.3) is 0 Å². The van der Waals surface area contributed by atoms with Crippen molar-refractivity contribution in [2.45, 2.75) is 45.6 Å². The molecule has 0 fully saturated rings. The summed E-state index contributed by atoms with van der Waals surface area (Å²) >= 11 is 0. The molecule has 35 heavy (non-hydrogen) atoms. The molecule has 0 radical (unpaired) electrons. The Kier molecular flexibility index (Phi) is 10.1. The molecular weight excluding hydrogens is 447 g/mol. The molecule has 2 aromatic carbocycles. The van der Waals surface area contributed by atoms with Gasteiger partial charge in [-0.1, -0.05) is 38.1 Å². The molecule has 0 N–H and O–H groups in total. The molecule has 0 aliphatic carbocycles. The van der Waals surface area contributed by atoms with E-state index in [1.165, 1.54) is 12.1 Å². The number of methoxy groups -OCH3 is 1. The van der Waals surface area contributed by atoms with Gasteiger partial charge in [-0.2, -0.15) is 0 Å². The Morgan fingerprint density at radius 3 is 2.54 bits per heavy atom. The van der Waals surface area contributed by atoms with Crippen LogP contribution in [-0.2, 0) is 16.0 Å². The fourth-order valence-corrected chi connectivity index (χ4v) is 4.45. The SMILES string of the molecule is COCCN1CCCCN(C(=O)Cc2ccc(F)cc2)[C@@H](CC(C)C)COc2ccccc2C1=O. The van der Waals surface area contributed by atoms with Crippen molar-refractivity contribution in [3.63, 3.8) is 0 Å². The molecule has 0 saturated carbocycles. The van der Waals surface area contributed by atoms with Gasteiger partial charge in [0, 0.05) is 26.7 Å². The number of carbonyl (C=O) groups is 2. The van der Waals surface area contributed by atoms with Gasteiger partial charge in [0.1, 0.15) is 18.2 Å². The number of hydrogen-bond acceptors (Lipinski definition) is 4. The molecule has 1 atom stereocenters. The first-order chi connectivity index (χ1) is 16.9. The van der Waals surface area contributed by atoms with E-state index in [1.807, 2.05) is 23.1 Å². The maximum Gasteiger partial charge on any atom is 0.257 e. The average Bonchev–Trinajstić information content (AvgIpc) is 2.84. The van der Waals surface area contributed by atoms with Gasteiger partial charge in [-0.25, -0.2) is 4.39 Å². The zero-order chi connectivity index (χ0) is 25.2. The Morgan fingerprint density at radius 2 is 1.83 bits per heavy atom. The molecule has 1 aliphatic heterocycles. The molecule has 0 unspecified atom stereocenters. The van der Waals surface area contributed by atoms with Crippen molar-refractivity contribution in [3.8, 4) is 5.75 Å². The van der Waals surface area contributed by atoms with Crippen molar-refractivity contribution in [3.05, 3.63) is 65.5 Å². The molecule has 2 aromatic rings. The number of hydrogen-bond donors (Lipinski definition) is 0. The van der Waals surface area contributed by atoms with Gasteiger partial charge in [-0.15, -0.1) is 0 Å². The largest absolute Gasteiger partial charge is 0.491 e. The van der Waals surface area contributed by atoms with E-state index in [2.05, 4.69) is 13.8 Å². The summed E-state index contributed by atoms with van der Waals surface area (Å²) in [5.41, 5.74) is 1.31. The standard InChI is InChI=1S/C28H37FN2O4/c1-21(2)18-24-20-35-26-9-5-4-8-25(26)28(33)30(16-17-34-3)14-6-7-15-31(24)27(32)19-22-10-12-23(29)13-11-22/h4-5,8-13,21,24H,6-7,14-20H2,1-3H3/t24-/m0/s1. The summed E-state index contributed by atoms with van der Waals surface area (Å²) in [6, 6.07) is 13.3. The Bertz CT molecular complexity index is 964. The lowest BCUT2D eigenvalue weighted by atomic mass is 10.0. The van der Waals surface area contributed by atoms with Gasteiger partial charge in [-0.3, -0.25) is 9.59 Å². The molecule has 3 rings (SSSR count). The highest BCUT2D eigenvalue weighted by Gasteiger charge is 2.27. The van der Waals surface area contributed by atoms with E-state index in [0.717, 1.165) is 24.8 Å². The van der Waals surface area contributed by atoms with Gasteiger partial charge in [-0.05, 0) is 55.0 Å². The summed E-state index contributed by atoms with van der Waals surface area (Å²) in [5, 5.41) is 0. The number of halogens is 1. The van der Waals surface area contributed by atoms with E-state index in [9.17, 15) is 14.0 Å². The fourth-order valence-electron chi connectivity index (χ4n) is 4.45.